The fraction of sp³-hybridized carbons (Fsp3) is 0.231. The molecule has 0 fully saturated rings. The predicted molar refractivity (Wildman–Crippen MR) is 127 cm³/mol. The molecule has 33 heavy (non-hydrogen) atoms. The molecule has 0 radical (unpaired) electrons. The van der Waals surface area contributed by atoms with Gasteiger partial charge >= 0.3 is 11.9 Å². The number of hydrogen-bond donors (Lipinski definition) is 2. The maximum Gasteiger partial charge on any atom is 0.344 e. The number of phenolic OH excluding ortho intramolecular Hbond substituents is 1. The Morgan fingerprint density at radius 1 is 0.939 bits per heavy atom. The van der Waals surface area contributed by atoms with Crippen LogP contribution in [0.1, 0.15) is 40.1 Å². The summed E-state index contributed by atoms with van der Waals surface area (Å²) in [5.41, 5.74) is 2.25. The standard InChI is InChI=1S/C26H27NO6/c1-5-27(6-2)17-11-13-23(21(28)15-17)33-26(31)19-9-7-8-18(24(19)25(29)30)20-14-16(3)10-12-22(20)32-4/h7-15,28H,5-6H2,1-4H3,(H,29,30). The summed E-state index contributed by atoms with van der Waals surface area (Å²) < 4.78 is 10.8. The number of carboxylic acids is 1. The molecule has 0 spiro atoms. The maximum absolute atomic E-state index is 13.0. The topological polar surface area (TPSA) is 96.3 Å². The number of ether oxygens (including phenoxy) is 2. The molecule has 0 aliphatic rings. The first kappa shape index (κ1) is 23.7. The zero-order chi connectivity index (χ0) is 24.1. The number of esters is 1. The number of anilines is 1. The first-order valence-electron chi connectivity index (χ1n) is 10.6. The minimum absolute atomic E-state index is 0.0502. The predicted octanol–water partition coefficient (Wildman–Crippen LogP) is 5.14. The van der Waals surface area contributed by atoms with E-state index in [9.17, 15) is 19.8 Å². The van der Waals surface area contributed by atoms with Gasteiger partial charge in [0.25, 0.3) is 0 Å². The van der Waals surface area contributed by atoms with Crippen molar-refractivity contribution >= 4 is 17.6 Å². The summed E-state index contributed by atoms with van der Waals surface area (Å²) in [6.45, 7) is 7.39. The summed E-state index contributed by atoms with van der Waals surface area (Å²) >= 11 is 0. The lowest BCUT2D eigenvalue weighted by Gasteiger charge is -2.21. The van der Waals surface area contributed by atoms with Crippen LogP contribution in [0.2, 0.25) is 0 Å². The molecule has 0 heterocycles. The first-order valence-corrected chi connectivity index (χ1v) is 10.6. The number of benzene rings is 3. The van der Waals surface area contributed by atoms with Gasteiger partial charge in [0.15, 0.2) is 11.5 Å². The van der Waals surface area contributed by atoms with E-state index in [0.717, 1.165) is 24.3 Å². The highest BCUT2D eigenvalue weighted by atomic mass is 16.5. The number of nitrogens with zero attached hydrogens (tertiary/aromatic N) is 1. The van der Waals surface area contributed by atoms with E-state index >= 15 is 0 Å². The normalized spacial score (nSPS) is 10.5. The first-order chi connectivity index (χ1) is 15.8. The number of carboxylic acid groups (broad SMARTS) is 1. The number of phenols is 1. The quantitative estimate of drug-likeness (QED) is 0.363. The lowest BCUT2D eigenvalue weighted by Crippen LogP contribution is -2.21. The Labute approximate surface area is 192 Å². The van der Waals surface area contributed by atoms with Gasteiger partial charge in [0, 0.05) is 36.0 Å². The highest BCUT2D eigenvalue weighted by Crippen LogP contribution is 2.36. The van der Waals surface area contributed by atoms with Crippen LogP contribution in [0.4, 0.5) is 5.69 Å². The Morgan fingerprint density at radius 2 is 1.64 bits per heavy atom. The molecule has 7 nitrogen and oxygen atoms in total. The van der Waals surface area contributed by atoms with Crippen molar-refractivity contribution in [3.8, 4) is 28.4 Å². The number of methoxy groups -OCH3 is 1. The number of rotatable bonds is 8. The Hall–Kier alpha value is -4.00. The second-order valence-electron chi connectivity index (χ2n) is 7.45. The third kappa shape index (κ3) is 4.92. The minimum atomic E-state index is -1.28. The summed E-state index contributed by atoms with van der Waals surface area (Å²) in [5.74, 6) is -1.93. The van der Waals surface area contributed by atoms with E-state index in [1.54, 1.807) is 30.3 Å². The zero-order valence-electron chi connectivity index (χ0n) is 19.1. The van der Waals surface area contributed by atoms with Crippen LogP contribution >= 0.6 is 0 Å². The molecular formula is C26H27NO6. The van der Waals surface area contributed by atoms with Crippen molar-refractivity contribution in [1.82, 2.24) is 0 Å². The average Bonchev–Trinajstić information content (AvgIpc) is 2.80. The summed E-state index contributed by atoms with van der Waals surface area (Å²) in [5, 5.41) is 20.4. The van der Waals surface area contributed by atoms with Gasteiger partial charge in [0.05, 0.1) is 18.2 Å². The molecule has 3 rings (SSSR count). The number of carbonyl (C=O) groups is 2. The monoisotopic (exact) mass is 449 g/mol. The van der Waals surface area contributed by atoms with Crippen LogP contribution in [0.15, 0.2) is 54.6 Å². The molecule has 0 atom stereocenters. The Bertz CT molecular complexity index is 1180. The molecule has 0 saturated carbocycles. The Balaban J connectivity index is 2.03. The van der Waals surface area contributed by atoms with Crippen LogP contribution in [0.5, 0.6) is 17.2 Å². The summed E-state index contributed by atoms with van der Waals surface area (Å²) in [7, 11) is 1.50. The number of carbonyl (C=O) groups excluding carboxylic acids is 1. The minimum Gasteiger partial charge on any atom is -0.504 e. The Kier molecular flexibility index (Phi) is 7.23. The van der Waals surface area contributed by atoms with Crippen LogP contribution in [0.25, 0.3) is 11.1 Å². The van der Waals surface area contributed by atoms with Crippen molar-refractivity contribution in [2.45, 2.75) is 20.8 Å². The van der Waals surface area contributed by atoms with E-state index < -0.39 is 11.9 Å². The van der Waals surface area contributed by atoms with Crippen molar-refractivity contribution in [2.24, 2.45) is 0 Å². The molecule has 0 saturated heterocycles. The summed E-state index contributed by atoms with van der Waals surface area (Å²) in [4.78, 5) is 27.2. The lowest BCUT2D eigenvalue weighted by molar-refractivity contribution is 0.0667. The van der Waals surface area contributed by atoms with Gasteiger partial charge in [-0.3, -0.25) is 0 Å². The third-order valence-corrected chi connectivity index (χ3v) is 5.42. The van der Waals surface area contributed by atoms with Gasteiger partial charge < -0.3 is 24.6 Å². The SMILES string of the molecule is CCN(CC)c1ccc(OC(=O)c2cccc(-c3cc(C)ccc3OC)c2C(=O)O)c(O)c1. The van der Waals surface area contributed by atoms with E-state index in [1.807, 2.05) is 31.7 Å². The van der Waals surface area contributed by atoms with Gasteiger partial charge in [-0.2, -0.15) is 0 Å². The van der Waals surface area contributed by atoms with Gasteiger partial charge in [-0.25, -0.2) is 9.59 Å². The largest absolute Gasteiger partial charge is 0.504 e. The van der Waals surface area contributed by atoms with Crippen molar-refractivity contribution < 1.29 is 29.3 Å². The second kappa shape index (κ2) is 10.1. The lowest BCUT2D eigenvalue weighted by atomic mass is 9.93. The third-order valence-electron chi connectivity index (χ3n) is 5.42. The van der Waals surface area contributed by atoms with E-state index in [1.165, 1.54) is 25.3 Å². The number of aromatic hydroxyl groups is 1. The molecule has 0 aliphatic heterocycles. The molecule has 172 valence electrons. The van der Waals surface area contributed by atoms with Crippen molar-refractivity contribution in [3.05, 3.63) is 71.3 Å². The molecule has 0 amide bonds. The fourth-order valence-corrected chi connectivity index (χ4v) is 3.74. The molecule has 3 aromatic rings. The van der Waals surface area contributed by atoms with E-state index in [2.05, 4.69) is 0 Å². The second-order valence-corrected chi connectivity index (χ2v) is 7.45. The molecule has 0 unspecified atom stereocenters. The molecular weight excluding hydrogens is 422 g/mol. The van der Waals surface area contributed by atoms with Crippen molar-refractivity contribution in [2.75, 3.05) is 25.1 Å². The molecule has 7 heteroatoms. The number of hydrogen-bond acceptors (Lipinski definition) is 6. The van der Waals surface area contributed by atoms with Crippen LogP contribution in [-0.4, -0.2) is 42.4 Å². The molecule has 0 bridgehead atoms. The van der Waals surface area contributed by atoms with Gasteiger partial charge in [-0.15, -0.1) is 0 Å². The summed E-state index contributed by atoms with van der Waals surface area (Å²) in [6, 6.07) is 14.7. The van der Waals surface area contributed by atoms with Gasteiger partial charge in [-0.1, -0.05) is 23.8 Å². The molecule has 2 N–H and O–H groups in total. The van der Waals surface area contributed by atoms with Crippen LogP contribution in [-0.2, 0) is 0 Å². The molecule has 0 aromatic heterocycles. The van der Waals surface area contributed by atoms with Crippen LogP contribution in [0.3, 0.4) is 0 Å². The van der Waals surface area contributed by atoms with E-state index in [0.29, 0.717) is 16.9 Å². The average molecular weight is 450 g/mol. The van der Waals surface area contributed by atoms with E-state index in [-0.39, 0.29) is 22.6 Å². The van der Waals surface area contributed by atoms with Gasteiger partial charge in [0.2, 0.25) is 0 Å². The van der Waals surface area contributed by atoms with Gasteiger partial charge in [-0.05, 0) is 51.1 Å². The maximum atomic E-state index is 13.0. The molecule has 3 aromatic carbocycles. The zero-order valence-corrected chi connectivity index (χ0v) is 19.1. The van der Waals surface area contributed by atoms with E-state index in [4.69, 9.17) is 9.47 Å². The van der Waals surface area contributed by atoms with Gasteiger partial charge in [0.1, 0.15) is 5.75 Å². The summed E-state index contributed by atoms with van der Waals surface area (Å²) in [6.07, 6.45) is 0. The van der Waals surface area contributed by atoms with Crippen LogP contribution in [0, 0.1) is 6.92 Å². The van der Waals surface area contributed by atoms with Crippen LogP contribution < -0.4 is 14.4 Å². The number of aryl methyl sites for hydroxylation is 1. The fourth-order valence-electron chi connectivity index (χ4n) is 3.74. The smallest absolute Gasteiger partial charge is 0.344 e. The highest BCUT2D eigenvalue weighted by Gasteiger charge is 2.25. The number of aromatic carboxylic acids is 1. The highest BCUT2D eigenvalue weighted by molar-refractivity contribution is 6.08. The Morgan fingerprint density at radius 3 is 2.24 bits per heavy atom. The molecule has 0 aliphatic carbocycles. The van der Waals surface area contributed by atoms with Crippen molar-refractivity contribution in [3.63, 3.8) is 0 Å². The van der Waals surface area contributed by atoms with Crippen molar-refractivity contribution in [1.29, 1.82) is 0 Å².